The van der Waals surface area contributed by atoms with Crippen LogP contribution in [0.2, 0.25) is 5.02 Å². The smallest absolute Gasteiger partial charge is 0.255 e. The van der Waals surface area contributed by atoms with Crippen molar-refractivity contribution in [1.82, 2.24) is 9.73 Å². The second-order valence-electron chi connectivity index (χ2n) is 5.57. The van der Waals surface area contributed by atoms with E-state index < -0.39 is 15.9 Å². The number of nitrogen functional groups attached to an aromatic ring is 1. The van der Waals surface area contributed by atoms with E-state index in [0.717, 1.165) is 9.87 Å². The van der Waals surface area contributed by atoms with Crippen molar-refractivity contribution in [2.75, 3.05) is 19.3 Å². The fraction of sp³-hybridized carbons (Fsp3) is 0.176. The third-order valence-corrected chi connectivity index (χ3v) is 5.63. The number of sulfonamides is 1. The van der Waals surface area contributed by atoms with Crippen molar-refractivity contribution in [1.29, 1.82) is 0 Å². The molecule has 2 aromatic carbocycles. The lowest BCUT2D eigenvalue weighted by molar-refractivity contribution is -0.121. The molecule has 9 heteroatoms. The highest BCUT2D eigenvalue weighted by atomic mass is 35.5. The molecule has 0 radical (unpaired) electrons. The maximum atomic E-state index is 12.4. The number of hydrogen-bond donors (Lipinski definition) is 2. The summed E-state index contributed by atoms with van der Waals surface area (Å²) in [6, 6.07) is 12.7. The van der Waals surface area contributed by atoms with Crippen LogP contribution in [-0.4, -0.2) is 37.9 Å². The third kappa shape index (κ3) is 5.04. The van der Waals surface area contributed by atoms with Gasteiger partial charge in [0.25, 0.3) is 5.91 Å². The van der Waals surface area contributed by atoms with E-state index in [1.165, 1.54) is 31.3 Å². The van der Waals surface area contributed by atoms with Gasteiger partial charge in [-0.2, -0.15) is 9.41 Å². The largest absolute Gasteiger partial charge is 0.399 e. The van der Waals surface area contributed by atoms with E-state index in [0.29, 0.717) is 16.4 Å². The van der Waals surface area contributed by atoms with Gasteiger partial charge in [-0.15, -0.1) is 0 Å². The summed E-state index contributed by atoms with van der Waals surface area (Å²) in [6.45, 7) is 1.35. The lowest BCUT2D eigenvalue weighted by Gasteiger charge is -2.16. The number of carbonyl (C=O) groups excluding carboxylic acids is 1. The highest BCUT2D eigenvalue weighted by Gasteiger charge is 2.22. The lowest BCUT2D eigenvalue weighted by Crippen LogP contribution is -2.36. The summed E-state index contributed by atoms with van der Waals surface area (Å²) in [5.74, 6) is -0.556. The van der Waals surface area contributed by atoms with Crippen LogP contribution in [0.15, 0.2) is 58.5 Å². The molecule has 1 amide bonds. The van der Waals surface area contributed by atoms with Gasteiger partial charge in [-0.05, 0) is 48.9 Å². The first-order valence-electron chi connectivity index (χ1n) is 7.61. The molecule has 0 atom stereocenters. The van der Waals surface area contributed by atoms with Crippen LogP contribution in [0, 0.1) is 0 Å². The number of nitrogens with zero attached hydrogens (tertiary/aromatic N) is 2. The van der Waals surface area contributed by atoms with Crippen LogP contribution in [-0.2, 0) is 14.8 Å². The molecule has 2 rings (SSSR count). The molecule has 0 fully saturated rings. The van der Waals surface area contributed by atoms with Crippen molar-refractivity contribution in [3.63, 3.8) is 0 Å². The Balaban J connectivity index is 2.01. The molecule has 7 nitrogen and oxygen atoms in total. The molecule has 0 unspecified atom stereocenters. The second-order valence-corrected chi connectivity index (χ2v) is 8.05. The molecule has 26 heavy (non-hydrogen) atoms. The minimum Gasteiger partial charge on any atom is -0.399 e. The SMILES string of the molecule is C/C(=N/NC(=O)CN(C)S(=O)(=O)c1ccc(Cl)cc1)c1ccc(N)cc1. The second kappa shape index (κ2) is 8.31. The third-order valence-electron chi connectivity index (χ3n) is 3.56. The number of likely N-dealkylation sites (N-methyl/N-ethyl adjacent to an activating group) is 1. The zero-order chi connectivity index (χ0) is 19.3. The van der Waals surface area contributed by atoms with Gasteiger partial charge < -0.3 is 5.73 Å². The Morgan fingerprint density at radius 2 is 1.73 bits per heavy atom. The molecule has 0 spiro atoms. The number of hydrazone groups is 1. The van der Waals surface area contributed by atoms with E-state index in [9.17, 15) is 13.2 Å². The number of nitrogens with two attached hydrogens (primary N) is 1. The molecule has 0 aromatic heterocycles. The Hall–Kier alpha value is -2.42. The van der Waals surface area contributed by atoms with Gasteiger partial charge in [0.1, 0.15) is 0 Å². The van der Waals surface area contributed by atoms with Crippen molar-refractivity contribution >= 4 is 38.9 Å². The maximum absolute atomic E-state index is 12.4. The number of rotatable bonds is 6. The van der Waals surface area contributed by atoms with Crippen LogP contribution in [0.25, 0.3) is 0 Å². The van der Waals surface area contributed by atoms with Crippen molar-refractivity contribution in [3.8, 4) is 0 Å². The minimum absolute atomic E-state index is 0.0544. The normalized spacial score (nSPS) is 12.2. The predicted octanol–water partition coefficient (Wildman–Crippen LogP) is 2.08. The Kier molecular flexibility index (Phi) is 6.36. The van der Waals surface area contributed by atoms with E-state index in [4.69, 9.17) is 17.3 Å². The molecule has 3 N–H and O–H groups in total. The Bertz CT molecular complexity index is 910. The summed E-state index contributed by atoms with van der Waals surface area (Å²) in [4.78, 5) is 12.1. The van der Waals surface area contributed by atoms with E-state index in [1.54, 1.807) is 31.2 Å². The van der Waals surface area contributed by atoms with E-state index in [2.05, 4.69) is 10.5 Å². The lowest BCUT2D eigenvalue weighted by atomic mass is 10.1. The maximum Gasteiger partial charge on any atom is 0.255 e. The fourth-order valence-electron chi connectivity index (χ4n) is 2.04. The van der Waals surface area contributed by atoms with Crippen LogP contribution < -0.4 is 11.2 Å². The minimum atomic E-state index is -3.79. The highest BCUT2D eigenvalue weighted by Crippen LogP contribution is 2.17. The topological polar surface area (TPSA) is 105 Å². The number of nitrogens with one attached hydrogen (secondary N) is 1. The highest BCUT2D eigenvalue weighted by molar-refractivity contribution is 7.89. The predicted molar refractivity (Wildman–Crippen MR) is 102 cm³/mol. The first kappa shape index (κ1) is 19.9. The number of hydrogen-bond acceptors (Lipinski definition) is 5. The summed E-state index contributed by atoms with van der Waals surface area (Å²) in [6.07, 6.45) is 0. The van der Waals surface area contributed by atoms with Gasteiger partial charge in [0, 0.05) is 17.8 Å². The zero-order valence-corrected chi connectivity index (χ0v) is 15.9. The zero-order valence-electron chi connectivity index (χ0n) is 14.3. The first-order valence-corrected chi connectivity index (χ1v) is 9.43. The molecular weight excluding hydrogens is 376 g/mol. The number of halogens is 1. The fourth-order valence-corrected chi connectivity index (χ4v) is 3.30. The summed E-state index contributed by atoms with van der Waals surface area (Å²) in [7, 11) is -2.48. The van der Waals surface area contributed by atoms with Crippen molar-refractivity contribution < 1.29 is 13.2 Å². The van der Waals surface area contributed by atoms with Gasteiger partial charge in [-0.3, -0.25) is 4.79 Å². The van der Waals surface area contributed by atoms with Gasteiger partial charge in [-0.1, -0.05) is 23.7 Å². The monoisotopic (exact) mass is 394 g/mol. The first-order chi connectivity index (χ1) is 12.2. The number of carbonyl (C=O) groups is 1. The van der Waals surface area contributed by atoms with Crippen LogP contribution in [0.5, 0.6) is 0 Å². The summed E-state index contributed by atoms with van der Waals surface area (Å²) < 4.78 is 25.8. The number of anilines is 1. The van der Waals surface area contributed by atoms with Gasteiger partial charge in [0.05, 0.1) is 17.2 Å². The molecule has 138 valence electrons. The van der Waals surface area contributed by atoms with E-state index in [1.807, 2.05) is 0 Å². The van der Waals surface area contributed by atoms with Crippen LogP contribution >= 0.6 is 11.6 Å². The summed E-state index contributed by atoms with van der Waals surface area (Å²) >= 11 is 5.76. The Labute approximate surface area is 157 Å². The standard InChI is InChI=1S/C17H19ClN4O3S/c1-12(13-3-7-15(19)8-4-13)20-21-17(23)11-22(2)26(24,25)16-9-5-14(18)6-10-16/h3-10H,11,19H2,1-2H3,(H,21,23)/b20-12-. The van der Waals surface area contributed by atoms with Crippen LogP contribution in [0.4, 0.5) is 5.69 Å². The Morgan fingerprint density at radius 3 is 2.31 bits per heavy atom. The molecule has 2 aromatic rings. The van der Waals surface area contributed by atoms with E-state index in [-0.39, 0.29) is 11.4 Å². The molecule has 0 bridgehead atoms. The Morgan fingerprint density at radius 1 is 1.15 bits per heavy atom. The van der Waals surface area contributed by atoms with Crippen molar-refractivity contribution in [3.05, 3.63) is 59.1 Å². The van der Waals surface area contributed by atoms with Crippen molar-refractivity contribution in [2.45, 2.75) is 11.8 Å². The van der Waals surface area contributed by atoms with Gasteiger partial charge in [0.15, 0.2) is 0 Å². The molecule has 0 heterocycles. The van der Waals surface area contributed by atoms with Crippen LogP contribution in [0.3, 0.4) is 0 Å². The van der Waals surface area contributed by atoms with Gasteiger partial charge in [0.2, 0.25) is 10.0 Å². The van der Waals surface area contributed by atoms with Crippen molar-refractivity contribution in [2.24, 2.45) is 5.10 Å². The van der Waals surface area contributed by atoms with Gasteiger partial charge >= 0.3 is 0 Å². The van der Waals surface area contributed by atoms with Gasteiger partial charge in [-0.25, -0.2) is 13.8 Å². The molecule has 0 aliphatic rings. The average Bonchev–Trinajstić information content (AvgIpc) is 2.60. The van der Waals surface area contributed by atoms with E-state index >= 15 is 0 Å². The number of benzene rings is 2. The molecule has 0 saturated carbocycles. The average molecular weight is 395 g/mol. The van der Waals surface area contributed by atoms with Crippen LogP contribution in [0.1, 0.15) is 12.5 Å². The molecule has 0 aliphatic carbocycles. The molecule has 0 aliphatic heterocycles. The molecule has 0 saturated heterocycles. The summed E-state index contributed by atoms with van der Waals surface area (Å²) in [5, 5.41) is 4.41. The number of amides is 1. The molecular formula is C17H19ClN4O3S. The summed E-state index contributed by atoms with van der Waals surface area (Å²) in [5.41, 5.74) is 9.96. The quantitative estimate of drug-likeness (QED) is 0.444.